The second kappa shape index (κ2) is 5.23. The van der Waals surface area contributed by atoms with Crippen LogP contribution >= 0.6 is 0 Å². The van der Waals surface area contributed by atoms with Crippen molar-refractivity contribution in [1.29, 1.82) is 0 Å². The molecule has 10 nitrogen and oxygen atoms in total. The summed E-state index contributed by atoms with van der Waals surface area (Å²) in [6.07, 6.45) is -0.475. The molecule has 0 aromatic heterocycles. The summed E-state index contributed by atoms with van der Waals surface area (Å²) in [5.41, 5.74) is 10.4. The molecule has 2 saturated heterocycles. The molecular weight excluding hydrogens is 308 g/mol. The Labute approximate surface area is 130 Å². The zero-order chi connectivity index (χ0) is 16.9. The molecule has 0 spiro atoms. The highest BCUT2D eigenvalue weighted by Crippen LogP contribution is 2.48. The molecular formula is C13H16N4O6. The predicted octanol–water partition coefficient (Wildman–Crippen LogP) is -2.18. The van der Waals surface area contributed by atoms with Gasteiger partial charge in [0.1, 0.15) is 18.3 Å². The van der Waals surface area contributed by atoms with Gasteiger partial charge < -0.3 is 21.3 Å². The molecule has 3 amide bonds. The number of carboxylic acid groups (broad SMARTS) is 1. The number of rotatable bonds is 5. The number of nitrogens with two attached hydrogens (primary N) is 2. The second-order valence-corrected chi connectivity index (χ2v) is 5.76. The van der Waals surface area contributed by atoms with E-state index in [4.69, 9.17) is 16.2 Å². The maximum absolute atomic E-state index is 12.3. The smallest absolute Gasteiger partial charge is 0.404 e. The first-order valence-corrected chi connectivity index (χ1v) is 7.07. The lowest BCUT2D eigenvalue weighted by Crippen LogP contribution is -2.73. The van der Waals surface area contributed by atoms with Gasteiger partial charge in [-0.05, 0) is 6.42 Å². The normalized spacial score (nSPS) is 29.1. The van der Waals surface area contributed by atoms with E-state index in [1.165, 1.54) is 4.90 Å². The molecule has 3 aliphatic rings. The van der Waals surface area contributed by atoms with Gasteiger partial charge in [0.25, 0.3) is 0 Å². The average molecular weight is 324 g/mol. The monoisotopic (exact) mass is 324 g/mol. The van der Waals surface area contributed by atoms with Gasteiger partial charge in [0.2, 0.25) is 11.8 Å². The van der Waals surface area contributed by atoms with Crippen LogP contribution in [0.15, 0.2) is 11.3 Å². The zero-order valence-electron chi connectivity index (χ0n) is 12.1. The van der Waals surface area contributed by atoms with E-state index < -0.39 is 24.0 Å². The molecule has 3 heterocycles. The van der Waals surface area contributed by atoms with Crippen LogP contribution in [0.3, 0.4) is 0 Å². The van der Waals surface area contributed by atoms with Crippen LogP contribution in [-0.2, 0) is 19.1 Å². The molecule has 10 heteroatoms. The number of likely N-dealkylation sites (tertiary alicyclic amines) is 1. The van der Waals surface area contributed by atoms with E-state index in [1.807, 2.05) is 0 Å². The number of β-lactam (4-membered cyclic amide) rings is 1. The Balaban J connectivity index is 1.89. The molecule has 124 valence electrons. The first-order chi connectivity index (χ1) is 10.8. The minimum absolute atomic E-state index is 0.0526. The minimum Gasteiger partial charge on any atom is -0.477 e. The van der Waals surface area contributed by atoms with Gasteiger partial charge in [0.05, 0.1) is 12.6 Å². The summed E-state index contributed by atoms with van der Waals surface area (Å²) in [5, 5.41) is 9.41. The van der Waals surface area contributed by atoms with E-state index in [9.17, 15) is 24.3 Å². The number of primary amides is 2. The summed E-state index contributed by atoms with van der Waals surface area (Å²) in [5.74, 6) is -2.41. The fourth-order valence-corrected chi connectivity index (χ4v) is 3.79. The van der Waals surface area contributed by atoms with Crippen molar-refractivity contribution < 1.29 is 29.0 Å². The Morgan fingerprint density at radius 1 is 1.30 bits per heavy atom. The van der Waals surface area contributed by atoms with Gasteiger partial charge >= 0.3 is 12.1 Å². The highest BCUT2D eigenvalue weighted by Gasteiger charge is 2.63. The SMILES string of the molecule is NC(=O)CN1CCC2C(COC(N)=O)=C(C(=O)O)N3C(=O)[C@@H]1[C@@H]23. The van der Waals surface area contributed by atoms with Gasteiger partial charge in [-0.1, -0.05) is 0 Å². The van der Waals surface area contributed by atoms with E-state index in [1.54, 1.807) is 4.90 Å². The molecule has 5 N–H and O–H groups in total. The third-order valence-electron chi connectivity index (χ3n) is 4.57. The third kappa shape index (κ3) is 2.22. The molecule has 1 unspecified atom stereocenters. The van der Waals surface area contributed by atoms with Crippen LogP contribution in [0.2, 0.25) is 0 Å². The summed E-state index contributed by atoms with van der Waals surface area (Å²) in [4.78, 5) is 48.7. The van der Waals surface area contributed by atoms with Crippen molar-refractivity contribution in [2.45, 2.75) is 18.5 Å². The first kappa shape index (κ1) is 15.3. The Morgan fingerprint density at radius 2 is 2.00 bits per heavy atom. The molecule has 0 aromatic rings. The minimum atomic E-state index is -1.25. The standard InChI is InChI=1S/C13H16N4O6/c14-7(18)3-16-2-1-5-6(4-23-13(15)22)9(12(20)21)17-8(5)10(16)11(17)19/h5,8,10H,1-4H2,(H2,14,18)(H2,15,22)(H,20,21)/t5?,8-,10+/m1/s1. The Morgan fingerprint density at radius 3 is 2.57 bits per heavy atom. The fraction of sp³-hybridized carbons (Fsp3) is 0.538. The topological polar surface area (TPSA) is 156 Å². The van der Waals surface area contributed by atoms with E-state index in [-0.39, 0.29) is 36.7 Å². The maximum atomic E-state index is 12.3. The summed E-state index contributed by atoms with van der Waals surface area (Å²) >= 11 is 0. The number of carbonyl (C=O) groups excluding carboxylic acids is 3. The summed E-state index contributed by atoms with van der Waals surface area (Å²) in [6, 6.07) is -0.935. The number of ether oxygens (including phenoxy) is 1. The van der Waals surface area contributed by atoms with Crippen LogP contribution in [0.25, 0.3) is 0 Å². The maximum Gasteiger partial charge on any atom is 0.404 e. The van der Waals surface area contributed by atoms with E-state index in [0.29, 0.717) is 18.5 Å². The first-order valence-electron chi connectivity index (χ1n) is 7.07. The lowest BCUT2D eigenvalue weighted by molar-refractivity contribution is -0.163. The van der Waals surface area contributed by atoms with Crippen LogP contribution in [0.4, 0.5) is 4.79 Å². The summed E-state index contributed by atoms with van der Waals surface area (Å²) in [7, 11) is 0. The van der Waals surface area contributed by atoms with Crippen molar-refractivity contribution in [3.63, 3.8) is 0 Å². The Hall–Kier alpha value is -2.62. The van der Waals surface area contributed by atoms with Crippen molar-refractivity contribution in [1.82, 2.24) is 9.80 Å². The van der Waals surface area contributed by atoms with Crippen LogP contribution in [-0.4, -0.2) is 70.6 Å². The lowest BCUT2D eigenvalue weighted by atomic mass is 9.78. The Kier molecular flexibility index (Phi) is 3.48. The van der Waals surface area contributed by atoms with Crippen molar-refractivity contribution in [2.75, 3.05) is 19.7 Å². The fourth-order valence-electron chi connectivity index (χ4n) is 3.79. The third-order valence-corrected chi connectivity index (χ3v) is 4.57. The number of nitrogens with zero attached hydrogens (tertiary/aromatic N) is 2. The van der Waals surface area contributed by atoms with E-state index in [0.717, 1.165) is 0 Å². The molecule has 0 aliphatic carbocycles. The zero-order valence-corrected chi connectivity index (χ0v) is 12.1. The van der Waals surface area contributed by atoms with Crippen LogP contribution in [0.1, 0.15) is 6.42 Å². The van der Waals surface area contributed by atoms with Gasteiger partial charge in [0.15, 0.2) is 0 Å². The molecule has 2 fully saturated rings. The van der Waals surface area contributed by atoms with Gasteiger partial charge in [-0.3, -0.25) is 19.4 Å². The van der Waals surface area contributed by atoms with Crippen LogP contribution in [0, 0.1) is 5.92 Å². The van der Waals surface area contributed by atoms with Crippen LogP contribution < -0.4 is 11.5 Å². The van der Waals surface area contributed by atoms with E-state index >= 15 is 0 Å². The highest BCUT2D eigenvalue weighted by atomic mass is 16.5. The molecule has 0 bridgehead atoms. The number of hydrogen-bond acceptors (Lipinski definition) is 6. The van der Waals surface area contributed by atoms with Crippen LogP contribution in [0.5, 0.6) is 0 Å². The molecule has 3 aliphatic heterocycles. The number of amides is 3. The van der Waals surface area contributed by atoms with Gasteiger partial charge in [-0.15, -0.1) is 0 Å². The molecule has 3 rings (SSSR count). The molecule has 23 heavy (non-hydrogen) atoms. The second-order valence-electron chi connectivity index (χ2n) is 5.76. The van der Waals surface area contributed by atoms with Crippen molar-refractivity contribution in [2.24, 2.45) is 17.4 Å². The molecule has 0 radical (unpaired) electrons. The van der Waals surface area contributed by atoms with Gasteiger partial charge in [-0.25, -0.2) is 9.59 Å². The number of aliphatic carboxylic acids is 1. The lowest BCUT2D eigenvalue weighted by Gasteiger charge is -2.53. The predicted molar refractivity (Wildman–Crippen MR) is 73.5 cm³/mol. The van der Waals surface area contributed by atoms with E-state index in [2.05, 4.69) is 0 Å². The number of carboxylic acids is 1. The van der Waals surface area contributed by atoms with Gasteiger partial charge in [0, 0.05) is 18.0 Å². The van der Waals surface area contributed by atoms with Gasteiger partial charge in [-0.2, -0.15) is 0 Å². The molecule has 0 aromatic carbocycles. The largest absolute Gasteiger partial charge is 0.477 e. The number of carbonyl (C=O) groups is 4. The Bertz CT molecular complexity index is 644. The summed E-state index contributed by atoms with van der Waals surface area (Å²) in [6.45, 7) is 0.120. The quantitative estimate of drug-likeness (QED) is 0.485. The highest BCUT2D eigenvalue weighted by molar-refractivity contribution is 6.02. The van der Waals surface area contributed by atoms with Crippen molar-refractivity contribution in [3.05, 3.63) is 11.3 Å². The van der Waals surface area contributed by atoms with Crippen molar-refractivity contribution >= 4 is 23.9 Å². The average Bonchev–Trinajstić information content (AvgIpc) is 2.76. The molecule has 0 saturated carbocycles. The molecule has 3 atom stereocenters. The summed E-state index contributed by atoms with van der Waals surface area (Å²) < 4.78 is 4.74. The number of piperidine rings is 1. The number of hydrogen-bond donors (Lipinski definition) is 3. The van der Waals surface area contributed by atoms with Crippen molar-refractivity contribution in [3.8, 4) is 0 Å².